The first-order valence-corrected chi connectivity index (χ1v) is 4.88. The van der Waals surface area contributed by atoms with Crippen LogP contribution in [0.5, 0.6) is 0 Å². The van der Waals surface area contributed by atoms with Crippen molar-refractivity contribution in [1.29, 1.82) is 0 Å². The van der Waals surface area contributed by atoms with E-state index in [9.17, 15) is 10.1 Å². The molecule has 0 spiro atoms. The molecule has 0 amide bonds. The number of nitrogen functional groups attached to an aromatic ring is 1. The number of rotatable bonds is 4. The number of nitro groups is 1. The van der Waals surface area contributed by atoms with Gasteiger partial charge in [-0.2, -0.15) is 0 Å². The van der Waals surface area contributed by atoms with Gasteiger partial charge >= 0.3 is 0 Å². The van der Waals surface area contributed by atoms with E-state index >= 15 is 0 Å². The van der Waals surface area contributed by atoms with Gasteiger partial charge in [0.15, 0.2) is 0 Å². The smallest absolute Gasteiger partial charge is 0.292 e. The second-order valence-electron chi connectivity index (χ2n) is 3.44. The van der Waals surface area contributed by atoms with Crippen LogP contribution < -0.4 is 5.73 Å². The van der Waals surface area contributed by atoms with Crippen molar-refractivity contribution in [3.05, 3.63) is 39.4 Å². The molecule has 0 bridgehead atoms. The van der Waals surface area contributed by atoms with Crippen LogP contribution in [-0.2, 0) is 0 Å². The second-order valence-corrected chi connectivity index (χ2v) is 3.44. The number of hydrogen-bond donors (Lipinski definition) is 2. The van der Waals surface area contributed by atoms with Crippen LogP contribution in [0.3, 0.4) is 0 Å². The third-order valence-corrected chi connectivity index (χ3v) is 2.19. The average Bonchev–Trinajstić information content (AvgIpc) is 2.23. The second kappa shape index (κ2) is 5.27. The molecule has 0 unspecified atom stereocenters. The molecule has 16 heavy (non-hydrogen) atoms. The summed E-state index contributed by atoms with van der Waals surface area (Å²) >= 11 is 0. The van der Waals surface area contributed by atoms with Gasteiger partial charge in [-0.15, -0.1) is 0 Å². The van der Waals surface area contributed by atoms with Gasteiger partial charge in [0.1, 0.15) is 5.69 Å². The number of anilines is 1. The van der Waals surface area contributed by atoms with Gasteiger partial charge in [-0.3, -0.25) is 10.1 Å². The first kappa shape index (κ1) is 12.2. The van der Waals surface area contributed by atoms with Crippen molar-refractivity contribution in [2.75, 3.05) is 12.3 Å². The zero-order chi connectivity index (χ0) is 12.1. The Bertz CT molecular complexity index is 427. The predicted molar refractivity (Wildman–Crippen MR) is 63.0 cm³/mol. The highest BCUT2D eigenvalue weighted by atomic mass is 16.6. The number of aliphatic hydroxyl groups excluding tert-OH is 1. The number of hydrogen-bond acceptors (Lipinski definition) is 4. The molecular weight excluding hydrogens is 208 g/mol. The van der Waals surface area contributed by atoms with E-state index < -0.39 is 4.92 Å². The molecule has 0 atom stereocenters. The number of aliphatic hydroxyl groups is 1. The minimum atomic E-state index is -0.494. The zero-order valence-corrected chi connectivity index (χ0v) is 9.01. The van der Waals surface area contributed by atoms with E-state index in [0.29, 0.717) is 17.5 Å². The van der Waals surface area contributed by atoms with E-state index in [1.165, 1.54) is 6.07 Å². The van der Waals surface area contributed by atoms with Gasteiger partial charge in [-0.05, 0) is 30.5 Å². The van der Waals surface area contributed by atoms with E-state index in [1.807, 2.05) is 0 Å². The highest BCUT2D eigenvalue weighted by molar-refractivity contribution is 5.68. The quantitative estimate of drug-likeness (QED) is 0.462. The lowest BCUT2D eigenvalue weighted by atomic mass is 10.1. The Balaban J connectivity index is 3.09. The van der Waals surface area contributed by atoms with Crippen LogP contribution in [0.1, 0.15) is 17.5 Å². The molecule has 0 aromatic heterocycles. The van der Waals surface area contributed by atoms with Crippen molar-refractivity contribution in [3.8, 4) is 0 Å². The summed E-state index contributed by atoms with van der Waals surface area (Å²) in [5.74, 6) is 0. The summed E-state index contributed by atoms with van der Waals surface area (Å²) in [7, 11) is 0. The predicted octanol–water partition coefficient (Wildman–Crippen LogP) is 1.88. The maximum absolute atomic E-state index is 10.7. The fourth-order valence-corrected chi connectivity index (χ4v) is 1.35. The standard InChI is InChI=1S/C11H14N2O3/c1-8-6-9(4-2-3-5-14)7-10(11(8)12)13(15)16/h2,4,6-7,14H,3,5,12H2,1H3. The molecule has 1 aromatic carbocycles. The highest BCUT2D eigenvalue weighted by Gasteiger charge is 2.13. The van der Waals surface area contributed by atoms with E-state index in [1.54, 1.807) is 25.1 Å². The number of nitrogens with two attached hydrogens (primary N) is 1. The lowest BCUT2D eigenvalue weighted by molar-refractivity contribution is -0.383. The van der Waals surface area contributed by atoms with Crippen molar-refractivity contribution in [2.45, 2.75) is 13.3 Å². The number of nitrogens with zero attached hydrogens (tertiary/aromatic N) is 1. The van der Waals surface area contributed by atoms with Gasteiger partial charge in [0, 0.05) is 12.7 Å². The molecule has 3 N–H and O–H groups in total. The van der Waals surface area contributed by atoms with Crippen LogP contribution in [0.4, 0.5) is 11.4 Å². The van der Waals surface area contributed by atoms with E-state index in [4.69, 9.17) is 10.8 Å². The summed E-state index contributed by atoms with van der Waals surface area (Å²) in [4.78, 5) is 10.2. The summed E-state index contributed by atoms with van der Waals surface area (Å²) < 4.78 is 0. The third-order valence-electron chi connectivity index (χ3n) is 2.19. The average molecular weight is 222 g/mol. The summed E-state index contributed by atoms with van der Waals surface area (Å²) in [5, 5.41) is 19.3. The van der Waals surface area contributed by atoms with Crippen molar-refractivity contribution in [1.82, 2.24) is 0 Å². The summed E-state index contributed by atoms with van der Waals surface area (Å²) in [6.07, 6.45) is 4.02. The van der Waals surface area contributed by atoms with E-state index in [0.717, 1.165) is 0 Å². The van der Waals surface area contributed by atoms with Gasteiger partial charge in [-0.25, -0.2) is 0 Å². The number of benzene rings is 1. The molecule has 1 rings (SSSR count). The number of nitro benzene ring substituents is 1. The highest BCUT2D eigenvalue weighted by Crippen LogP contribution is 2.27. The lowest BCUT2D eigenvalue weighted by Gasteiger charge is -2.03. The van der Waals surface area contributed by atoms with Crippen molar-refractivity contribution >= 4 is 17.5 Å². The first-order chi connectivity index (χ1) is 7.56. The van der Waals surface area contributed by atoms with Crippen molar-refractivity contribution in [3.63, 3.8) is 0 Å². The van der Waals surface area contributed by atoms with Gasteiger partial charge in [0.25, 0.3) is 5.69 Å². The maximum atomic E-state index is 10.7. The maximum Gasteiger partial charge on any atom is 0.292 e. The Morgan fingerprint density at radius 2 is 2.25 bits per heavy atom. The first-order valence-electron chi connectivity index (χ1n) is 4.88. The Morgan fingerprint density at radius 3 is 2.81 bits per heavy atom. The lowest BCUT2D eigenvalue weighted by Crippen LogP contribution is -1.98. The molecule has 0 heterocycles. The van der Waals surface area contributed by atoms with Crippen LogP contribution in [0.15, 0.2) is 18.2 Å². The third kappa shape index (κ3) is 2.80. The van der Waals surface area contributed by atoms with Crippen LogP contribution in [0.2, 0.25) is 0 Å². The van der Waals surface area contributed by atoms with Crippen molar-refractivity contribution < 1.29 is 10.0 Å². The van der Waals surface area contributed by atoms with Crippen LogP contribution >= 0.6 is 0 Å². The van der Waals surface area contributed by atoms with Gasteiger partial charge < -0.3 is 10.8 Å². The van der Waals surface area contributed by atoms with E-state index in [-0.39, 0.29) is 18.0 Å². The molecule has 0 fully saturated rings. The molecule has 0 radical (unpaired) electrons. The SMILES string of the molecule is Cc1cc(C=CCCO)cc([N+](=O)[O-])c1N. The number of aryl methyl sites for hydroxylation is 1. The summed E-state index contributed by atoms with van der Waals surface area (Å²) in [6.45, 7) is 1.79. The van der Waals surface area contributed by atoms with Gasteiger partial charge in [0.2, 0.25) is 0 Å². The van der Waals surface area contributed by atoms with Crippen LogP contribution in [-0.4, -0.2) is 16.6 Å². The van der Waals surface area contributed by atoms with Gasteiger partial charge in [-0.1, -0.05) is 12.2 Å². The van der Waals surface area contributed by atoms with Gasteiger partial charge in [0.05, 0.1) is 4.92 Å². The summed E-state index contributed by atoms with van der Waals surface area (Å²) in [5.41, 5.74) is 7.11. The minimum Gasteiger partial charge on any atom is -0.396 e. The van der Waals surface area contributed by atoms with E-state index in [2.05, 4.69) is 0 Å². The molecule has 0 aliphatic rings. The largest absolute Gasteiger partial charge is 0.396 e. The zero-order valence-electron chi connectivity index (χ0n) is 9.01. The molecule has 86 valence electrons. The molecule has 1 aromatic rings. The van der Waals surface area contributed by atoms with Crippen molar-refractivity contribution in [2.24, 2.45) is 0 Å². The normalized spacial score (nSPS) is 10.9. The monoisotopic (exact) mass is 222 g/mol. The minimum absolute atomic E-state index is 0.0621. The van der Waals surface area contributed by atoms with Crippen LogP contribution in [0.25, 0.3) is 6.08 Å². The molecule has 0 saturated heterocycles. The fourth-order valence-electron chi connectivity index (χ4n) is 1.35. The topological polar surface area (TPSA) is 89.4 Å². The molecule has 0 aliphatic carbocycles. The molecule has 5 heteroatoms. The molecule has 0 saturated carbocycles. The Kier molecular flexibility index (Phi) is 4.02. The molecular formula is C11H14N2O3. The Hall–Kier alpha value is -1.88. The Morgan fingerprint density at radius 1 is 1.56 bits per heavy atom. The molecule has 0 aliphatic heterocycles. The van der Waals surface area contributed by atoms with Crippen LogP contribution in [0, 0.1) is 17.0 Å². The summed E-state index contributed by atoms with van der Waals surface area (Å²) in [6, 6.07) is 3.20. The molecule has 5 nitrogen and oxygen atoms in total. The fraction of sp³-hybridized carbons (Fsp3) is 0.273. The Labute approximate surface area is 93.4 Å².